The molecule has 1 aromatic carbocycles. The molecule has 0 spiro atoms. The first kappa shape index (κ1) is 21.7. The van der Waals surface area contributed by atoms with Gasteiger partial charge in [-0.3, -0.25) is 9.69 Å². The summed E-state index contributed by atoms with van der Waals surface area (Å²) in [6.07, 6.45) is 6.72. The first-order valence-corrected chi connectivity index (χ1v) is 11.8. The summed E-state index contributed by atoms with van der Waals surface area (Å²) >= 11 is 12.3. The number of nitrogens with one attached hydrogen (secondary N) is 2. The molecule has 2 saturated heterocycles. The molecule has 0 bridgehead atoms. The van der Waals surface area contributed by atoms with Gasteiger partial charge in [0, 0.05) is 31.7 Å². The number of anilines is 1. The summed E-state index contributed by atoms with van der Waals surface area (Å²) in [6, 6.07) is 4.52. The van der Waals surface area contributed by atoms with E-state index in [0.29, 0.717) is 34.6 Å². The number of carbonyl (C=O) groups is 1. The minimum absolute atomic E-state index is 0.0866. The summed E-state index contributed by atoms with van der Waals surface area (Å²) in [7, 11) is 0. The number of rotatable bonds is 5. The third kappa shape index (κ3) is 4.56. The molecule has 164 valence electrons. The lowest BCUT2D eigenvalue weighted by atomic mass is 9.97. The lowest BCUT2D eigenvalue weighted by Gasteiger charge is -2.39. The van der Waals surface area contributed by atoms with E-state index >= 15 is 0 Å². The van der Waals surface area contributed by atoms with Gasteiger partial charge in [-0.05, 0) is 58.1 Å². The van der Waals surface area contributed by atoms with E-state index in [9.17, 15) is 4.79 Å². The lowest BCUT2D eigenvalue weighted by molar-refractivity contribution is -0.123. The van der Waals surface area contributed by atoms with E-state index in [2.05, 4.69) is 38.9 Å². The Morgan fingerprint density at radius 3 is 2.63 bits per heavy atom. The summed E-state index contributed by atoms with van der Waals surface area (Å²) in [5, 5.41) is 4.16. The second-order valence-corrected chi connectivity index (χ2v) is 9.52. The van der Waals surface area contributed by atoms with E-state index in [4.69, 9.17) is 23.2 Å². The highest BCUT2D eigenvalue weighted by Gasteiger charge is 2.31. The monoisotopic (exact) mass is 451 g/mol. The molecule has 6 nitrogen and oxygen atoms in total. The van der Waals surface area contributed by atoms with Crippen molar-refractivity contribution < 1.29 is 4.79 Å². The summed E-state index contributed by atoms with van der Waals surface area (Å²) < 4.78 is 0. The van der Waals surface area contributed by atoms with Crippen molar-refractivity contribution in [3.63, 3.8) is 0 Å². The quantitative estimate of drug-likeness (QED) is 0.696. The van der Waals surface area contributed by atoms with Crippen LogP contribution in [-0.4, -0.2) is 58.5 Å². The van der Waals surface area contributed by atoms with Crippen LogP contribution < -0.4 is 10.2 Å². The van der Waals surface area contributed by atoms with Crippen molar-refractivity contribution in [2.75, 3.05) is 24.5 Å². The van der Waals surface area contributed by atoms with Crippen molar-refractivity contribution in [2.24, 2.45) is 0 Å². The van der Waals surface area contributed by atoms with Crippen LogP contribution >= 0.6 is 23.2 Å². The fourth-order valence-corrected chi connectivity index (χ4v) is 5.25. The van der Waals surface area contributed by atoms with Crippen LogP contribution in [-0.2, 0) is 4.79 Å². The molecular formula is C22H31Cl2N5O. The number of nitrogens with zero attached hydrogens (tertiary/aromatic N) is 3. The minimum atomic E-state index is -0.207. The molecule has 4 rings (SSSR count). The molecule has 0 saturated carbocycles. The highest BCUT2D eigenvalue weighted by molar-refractivity contribution is 6.42. The number of fused-ring (bicyclic) bond motifs is 1. The Hall–Kier alpha value is -1.50. The Morgan fingerprint density at radius 2 is 1.87 bits per heavy atom. The predicted molar refractivity (Wildman–Crippen MR) is 124 cm³/mol. The summed E-state index contributed by atoms with van der Waals surface area (Å²) in [5.74, 6) is 0.796. The Kier molecular flexibility index (Phi) is 6.75. The largest absolute Gasteiger partial charge is 0.353 e. The molecule has 2 fully saturated rings. The zero-order valence-corrected chi connectivity index (χ0v) is 19.3. The normalized spacial score (nSPS) is 25.6. The molecule has 8 heteroatoms. The number of aromatic amines is 1. The van der Waals surface area contributed by atoms with Crippen LogP contribution in [0.4, 0.5) is 5.95 Å². The van der Waals surface area contributed by atoms with Crippen molar-refractivity contribution in [2.45, 2.75) is 70.5 Å². The zero-order valence-electron chi connectivity index (χ0n) is 17.8. The number of hydrogen-bond acceptors (Lipinski definition) is 4. The summed E-state index contributed by atoms with van der Waals surface area (Å²) in [5.41, 5.74) is 1.59. The van der Waals surface area contributed by atoms with Gasteiger partial charge in [0.2, 0.25) is 11.9 Å². The second-order valence-electron chi connectivity index (χ2n) is 8.71. The number of imidazole rings is 1. The molecule has 0 radical (unpaired) electrons. The number of aromatic nitrogens is 2. The van der Waals surface area contributed by atoms with Crippen LogP contribution in [0.2, 0.25) is 10.0 Å². The van der Waals surface area contributed by atoms with E-state index in [0.717, 1.165) is 43.4 Å². The fourth-order valence-electron chi connectivity index (χ4n) is 4.93. The first-order valence-electron chi connectivity index (χ1n) is 11.1. The average molecular weight is 452 g/mol. The Labute approximate surface area is 188 Å². The molecule has 0 aliphatic carbocycles. The molecular weight excluding hydrogens is 421 g/mol. The van der Waals surface area contributed by atoms with Gasteiger partial charge < -0.3 is 15.2 Å². The van der Waals surface area contributed by atoms with Crippen molar-refractivity contribution in [3.05, 3.63) is 22.2 Å². The lowest BCUT2D eigenvalue weighted by Crippen LogP contribution is -2.52. The smallest absolute Gasteiger partial charge is 0.242 e. The average Bonchev–Trinajstić information content (AvgIpc) is 3.13. The number of H-pyrrole nitrogens is 1. The van der Waals surface area contributed by atoms with Crippen LogP contribution in [0.3, 0.4) is 0 Å². The van der Waals surface area contributed by atoms with Gasteiger partial charge in [-0.1, -0.05) is 29.6 Å². The first-order chi connectivity index (χ1) is 14.4. The number of halogens is 2. The third-order valence-electron chi connectivity index (χ3n) is 6.63. The molecule has 1 aromatic heterocycles. The van der Waals surface area contributed by atoms with Crippen LogP contribution in [0.15, 0.2) is 12.1 Å². The molecule has 3 heterocycles. The Balaban J connectivity index is 1.42. The van der Waals surface area contributed by atoms with Crippen LogP contribution in [0.5, 0.6) is 0 Å². The van der Waals surface area contributed by atoms with Gasteiger partial charge in [-0.15, -0.1) is 0 Å². The van der Waals surface area contributed by atoms with Crippen LogP contribution in [0, 0.1) is 0 Å². The standard InChI is InChI=1S/C22H31Cl2N5O/c1-14-6-5-7-15(2)28(14)11-9-25-21(30)20-8-3-4-10-29(20)22-26-18-12-16(23)17(24)13-19(18)27-22/h12-15,20H,3-11H2,1-2H3,(H,25,30)(H,26,27)/t14-,15+,20-/m0/s1. The SMILES string of the molecule is C[C@@H]1CCC[C@H](C)N1CCNC(=O)[C@@H]1CCCCN1c1nc2cc(Cl)c(Cl)cc2[nH]1. The van der Waals surface area contributed by atoms with Gasteiger partial charge in [0.1, 0.15) is 6.04 Å². The number of benzene rings is 1. The van der Waals surface area contributed by atoms with Gasteiger partial charge in [0.25, 0.3) is 0 Å². The summed E-state index contributed by atoms with van der Waals surface area (Å²) in [6.45, 7) is 6.98. The van der Waals surface area contributed by atoms with E-state index in [1.165, 1.54) is 19.3 Å². The maximum absolute atomic E-state index is 13.1. The molecule has 2 aliphatic rings. The van der Waals surface area contributed by atoms with Crippen molar-refractivity contribution in [1.29, 1.82) is 0 Å². The summed E-state index contributed by atoms with van der Waals surface area (Å²) in [4.78, 5) is 25.7. The van der Waals surface area contributed by atoms with Gasteiger partial charge in [0.15, 0.2) is 0 Å². The molecule has 0 unspecified atom stereocenters. The van der Waals surface area contributed by atoms with Crippen molar-refractivity contribution in [1.82, 2.24) is 20.2 Å². The maximum Gasteiger partial charge on any atom is 0.242 e. The van der Waals surface area contributed by atoms with Gasteiger partial charge >= 0.3 is 0 Å². The van der Waals surface area contributed by atoms with Crippen LogP contribution in [0.25, 0.3) is 11.0 Å². The van der Waals surface area contributed by atoms with Crippen molar-refractivity contribution >= 4 is 46.1 Å². The number of amides is 1. The van der Waals surface area contributed by atoms with Crippen molar-refractivity contribution in [3.8, 4) is 0 Å². The number of carbonyl (C=O) groups excluding carboxylic acids is 1. The maximum atomic E-state index is 13.1. The molecule has 2 aliphatic heterocycles. The van der Waals surface area contributed by atoms with Gasteiger partial charge in [0.05, 0.1) is 21.1 Å². The third-order valence-corrected chi connectivity index (χ3v) is 7.36. The molecule has 2 aromatic rings. The zero-order chi connectivity index (χ0) is 21.3. The Morgan fingerprint density at radius 1 is 1.13 bits per heavy atom. The van der Waals surface area contributed by atoms with E-state index in [-0.39, 0.29) is 11.9 Å². The second kappa shape index (κ2) is 9.33. The molecule has 3 atom stereocenters. The number of likely N-dealkylation sites (tertiary alicyclic amines) is 1. The fraction of sp³-hybridized carbons (Fsp3) is 0.636. The van der Waals surface area contributed by atoms with E-state index < -0.39 is 0 Å². The van der Waals surface area contributed by atoms with Gasteiger partial charge in [-0.2, -0.15) is 0 Å². The van der Waals surface area contributed by atoms with Crippen LogP contribution in [0.1, 0.15) is 52.4 Å². The highest BCUT2D eigenvalue weighted by atomic mass is 35.5. The highest BCUT2D eigenvalue weighted by Crippen LogP contribution is 2.30. The number of hydrogen-bond donors (Lipinski definition) is 2. The molecule has 2 N–H and O–H groups in total. The molecule has 30 heavy (non-hydrogen) atoms. The topological polar surface area (TPSA) is 64.3 Å². The van der Waals surface area contributed by atoms with Gasteiger partial charge in [-0.25, -0.2) is 4.98 Å². The Bertz CT molecular complexity index is 852. The number of piperidine rings is 2. The van der Waals surface area contributed by atoms with E-state index in [1.54, 1.807) is 12.1 Å². The molecule has 1 amide bonds. The minimum Gasteiger partial charge on any atom is -0.353 e. The predicted octanol–water partition coefficient (Wildman–Crippen LogP) is 4.61. The van der Waals surface area contributed by atoms with E-state index in [1.807, 2.05) is 0 Å².